The van der Waals surface area contributed by atoms with E-state index in [1.807, 2.05) is 6.07 Å². The summed E-state index contributed by atoms with van der Waals surface area (Å²) in [6, 6.07) is 16.7. The van der Waals surface area contributed by atoms with Gasteiger partial charge in [0.15, 0.2) is 0 Å². The Morgan fingerprint density at radius 2 is 1.61 bits per heavy atom. The molecule has 0 bridgehead atoms. The van der Waals surface area contributed by atoms with Crippen LogP contribution < -0.4 is 0 Å². The molecule has 4 nitrogen and oxygen atoms in total. The molecule has 0 spiro atoms. The molecule has 0 aliphatic carbocycles. The molecule has 2 aromatic carbocycles. The lowest BCUT2D eigenvalue weighted by molar-refractivity contribution is 0.405. The highest BCUT2D eigenvalue weighted by Crippen LogP contribution is 2.24. The third-order valence-corrected chi connectivity index (χ3v) is 6.86. The van der Waals surface area contributed by atoms with Crippen LogP contribution in [0.3, 0.4) is 0 Å². The Kier molecular flexibility index (Phi) is 6.96. The fourth-order valence-electron chi connectivity index (χ4n) is 2.68. The molecule has 28 heavy (non-hydrogen) atoms. The van der Waals surface area contributed by atoms with Crippen LogP contribution >= 0.6 is 34.8 Å². The minimum Gasteiger partial charge on any atom is -0.260 e. The van der Waals surface area contributed by atoms with Crippen LogP contribution in [-0.2, 0) is 23.0 Å². The number of pyridine rings is 1. The SMILES string of the molecule is O=S(=O)(c1ccc(Cl)cc1)N(CCc1ccc(Cl)cc1Cl)Cc1ccccn1. The van der Waals surface area contributed by atoms with Crippen LogP contribution in [-0.4, -0.2) is 24.3 Å². The van der Waals surface area contributed by atoms with Crippen LogP contribution in [0.2, 0.25) is 15.1 Å². The first-order valence-electron chi connectivity index (χ1n) is 8.46. The molecule has 0 aliphatic heterocycles. The molecule has 1 heterocycles. The molecule has 0 atom stereocenters. The summed E-state index contributed by atoms with van der Waals surface area (Å²) >= 11 is 18.1. The summed E-state index contributed by atoms with van der Waals surface area (Å²) in [5.41, 5.74) is 1.48. The number of benzene rings is 2. The molecule has 1 aromatic heterocycles. The second-order valence-electron chi connectivity index (χ2n) is 6.10. The highest BCUT2D eigenvalue weighted by Gasteiger charge is 2.25. The number of halogens is 3. The highest BCUT2D eigenvalue weighted by atomic mass is 35.5. The van der Waals surface area contributed by atoms with Crippen molar-refractivity contribution in [3.05, 3.63) is 93.2 Å². The molecular formula is C20H17Cl3N2O2S. The number of hydrogen-bond donors (Lipinski definition) is 0. The molecule has 0 fully saturated rings. The average molecular weight is 456 g/mol. The smallest absolute Gasteiger partial charge is 0.243 e. The Labute approximate surface area is 179 Å². The maximum Gasteiger partial charge on any atom is 0.243 e. The van der Waals surface area contributed by atoms with E-state index in [1.165, 1.54) is 16.4 Å². The van der Waals surface area contributed by atoms with E-state index in [0.29, 0.717) is 27.2 Å². The molecule has 0 N–H and O–H groups in total. The molecule has 3 aromatic rings. The summed E-state index contributed by atoms with van der Waals surface area (Å²) in [6.45, 7) is 0.389. The molecule has 0 amide bonds. The molecule has 8 heteroatoms. The maximum atomic E-state index is 13.2. The van der Waals surface area contributed by atoms with Gasteiger partial charge in [0.2, 0.25) is 10.0 Å². The summed E-state index contributed by atoms with van der Waals surface area (Å²) in [7, 11) is -3.74. The van der Waals surface area contributed by atoms with Crippen molar-refractivity contribution in [3.8, 4) is 0 Å². The van der Waals surface area contributed by atoms with Gasteiger partial charge in [-0.25, -0.2) is 8.42 Å². The lowest BCUT2D eigenvalue weighted by Crippen LogP contribution is -2.33. The van der Waals surface area contributed by atoms with Crippen molar-refractivity contribution >= 4 is 44.8 Å². The second-order valence-corrected chi connectivity index (χ2v) is 9.32. The number of aromatic nitrogens is 1. The van der Waals surface area contributed by atoms with Gasteiger partial charge < -0.3 is 0 Å². The Morgan fingerprint density at radius 1 is 0.893 bits per heavy atom. The summed E-state index contributed by atoms with van der Waals surface area (Å²) in [4.78, 5) is 4.43. The fourth-order valence-corrected chi connectivity index (χ4v) is 4.72. The van der Waals surface area contributed by atoms with Crippen molar-refractivity contribution in [2.75, 3.05) is 6.54 Å². The number of hydrogen-bond acceptors (Lipinski definition) is 3. The van der Waals surface area contributed by atoms with Gasteiger partial charge in [0.05, 0.1) is 17.1 Å². The quantitative estimate of drug-likeness (QED) is 0.474. The van der Waals surface area contributed by atoms with Crippen LogP contribution in [0.4, 0.5) is 0 Å². The number of nitrogens with zero attached hydrogens (tertiary/aromatic N) is 2. The van der Waals surface area contributed by atoms with Crippen molar-refractivity contribution < 1.29 is 8.42 Å². The van der Waals surface area contributed by atoms with E-state index in [-0.39, 0.29) is 18.0 Å². The lowest BCUT2D eigenvalue weighted by atomic mass is 10.1. The molecular weight excluding hydrogens is 439 g/mol. The van der Waals surface area contributed by atoms with Crippen molar-refractivity contribution in [2.45, 2.75) is 17.9 Å². The third-order valence-electron chi connectivity index (χ3n) is 4.16. The Morgan fingerprint density at radius 3 is 2.25 bits per heavy atom. The van der Waals surface area contributed by atoms with E-state index in [9.17, 15) is 8.42 Å². The Hall–Kier alpha value is -1.63. The van der Waals surface area contributed by atoms with E-state index in [2.05, 4.69) is 4.98 Å². The average Bonchev–Trinajstić information content (AvgIpc) is 2.67. The van der Waals surface area contributed by atoms with Crippen molar-refractivity contribution in [1.82, 2.24) is 9.29 Å². The molecule has 0 radical (unpaired) electrons. The predicted octanol–water partition coefficient (Wildman–Crippen LogP) is 5.48. The maximum absolute atomic E-state index is 13.2. The largest absolute Gasteiger partial charge is 0.260 e. The van der Waals surface area contributed by atoms with Crippen molar-refractivity contribution in [1.29, 1.82) is 0 Å². The van der Waals surface area contributed by atoms with Crippen LogP contribution in [0.5, 0.6) is 0 Å². The van der Waals surface area contributed by atoms with Gasteiger partial charge in [-0.3, -0.25) is 4.98 Å². The summed E-state index contributed by atoms with van der Waals surface area (Å²) in [5.74, 6) is 0. The van der Waals surface area contributed by atoms with Gasteiger partial charge in [0.1, 0.15) is 0 Å². The summed E-state index contributed by atoms with van der Waals surface area (Å²) < 4.78 is 27.8. The summed E-state index contributed by atoms with van der Waals surface area (Å²) in [5, 5.41) is 1.52. The van der Waals surface area contributed by atoms with E-state index in [1.54, 1.807) is 48.7 Å². The third kappa shape index (κ3) is 5.25. The standard InChI is InChI=1S/C20H17Cl3N2O2S/c21-16-6-8-19(9-7-16)28(26,27)25(14-18-3-1-2-11-24-18)12-10-15-4-5-17(22)13-20(15)23/h1-9,11,13H,10,12,14H2. The van der Waals surface area contributed by atoms with Gasteiger partial charge in [0, 0.05) is 27.8 Å². The molecule has 0 unspecified atom stereocenters. The van der Waals surface area contributed by atoms with E-state index in [0.717, 1.165) is 5.56 Å². The van der Waals surface area contributed by atoms with E-state index >= 15 is 0 Å². The molecule has 3 rings (SSSR count). The summed E-state index contributed by atoms with van der Waals surface area (Å²) in [6.07, 6.45) is 2.08. The first kappa shape index (κ1) is 21.1. The minimum atomic E-state index is -3.74. The van der Waals surface area contributed by atoms with Crippen LogP contribution in [0, 0.1) is 0 Å². The Balaban J connectivity index is 1.89. The van der Waals surface area contributed by atoms with E-state index < -0.39 is 10.0 Å². The Bertz CT molecular complexity index is 1040. The van der Waals surface area contributed by atoms with Crippen LogP contribution in [0.1, 0.15) is 11.3 Å². The van der Waals surface area contributed by atoms with Gasteiger partial charge in [-0.05, 0) is 60.5 Å². The van der Waals surface area contributed by atoms with Gasteiger partial charge in [0.25, 0.3) is 0 Å². The molecule has 146 valence electrons. The molecule has 0 aliphatic rings. The monoisotopic (exact) mass is 454 g/mol. The van der Waals surface area contributed by atoms with Crippen LogP contribution in [0.25, 0.3) is 0 Å². The van der Waals surface area contributed by atoms with Crippen molar-refractivity contribution in [3.63, 3.8) is 0 Å². The molecule has 0 saturated carbocycles. The second kappa shape index (κ2) is 9.25. The normalized spacial score (nSPS) is 11.7. The number of sulfonamides is 1. The van der Waals surface area contributed by atoms with E-state index in [4.69, 9.17) is 34.8 Å². The van der Waals surface area contributed by atoms with Crippen LogP contribution in [0.15, 0.2) is 71.8 Å². The fraction of sp³-hybridized carbons (Fsp3) is 0.150. The van der Waals surface area contributed by atoms with Gasteiger partial charge in [-0.15, -0.1) is 0 Å². The highest BCUT2D eigenvalue weighted by molar-refractivity contribution is 7.89. The predicted molar refractivity (Wildman–Crippen MR) is 113 cm³/mol. The van der Waals surface area contributed by atoms with Gasteiger partial charge >= 0.3 is 0 Å². The van der Waals surface area contributed by atoms with Gasteiger partial charge in [-0.2, -0.15) is 4.31 Å². The first-order valence-corrected chi connectivity index (χ1v) is 11.0. The topological polar surface area (TPSA) is 50.3 Å². The zero-order valence-electron chi connectivity index (χ0n) is 14.7. The number of rotatable bonds is 7. The van der Waals surface area contributed by atoms with Gasteiger partial charge in [-0.1, -0.05) is 46.9 Å². The molecule has 0 saturated heterocycles. The van der Waals surface area contributed by atoms with Crippen molar-refractivity contribution in [2.24, 2.45) is 0 Å². The zero-order valence-corrected chi connectivity index (χ0v) is 17.8. The minimum absolute atomic E-state index is 0.150. The first-order chi connectivity index (χ1) is 13.4. The zero-order chi connectivity index (χ0) is 20.1. The lowest BCUT2D eigenvalue weighted by Gasteiger charge is -2.22.